The molecule has 0 aromatic carbocycles. The molecule has 0 aliphatic carbocycles. The molecule has 1 aliphatic rings. The minimum atomic E-state index is -0.385. The molecule has 2 heterocycles. The van der Waals surface area contributed by atoms with E-state index in [-0.39, 0.29) is 30.3 Å². The van der Waals surface area contributed by atoms with Gasteiger partial charge in [0.05, 0.1) is 6.04 Å². The van der Waals surface area contributed by atoms with E-state index >= 15 is 0 Å². The zero-order valence-corrected chi connectivity index (χ0v) is 15.1. The molecule has 3 N–H and O–H groups in total. The minimum Gasteiger partial charge on any atom is -0.354 e. The number of thiophene rings is 1. The Kier molecular flexibility index (Phi) is 8.39. The highest BCUT2D eigenvalue weighted by atomic mass is 35.5. The van der Waals surface area contributed by atoms with Crippen LogP contribution < -0.4 is 11.1 Å². The van der Waals surface area contributed by atoms with Crippen LogP contribution in [-0.2, 0) is 11.3 Å². The van der Waals surface area contributed by atoms with Gasteiger partial charge in [0.1, 0.15) is 0 Å². The number of halogens is 1. The first-order valence-corrected chi connectivity index (χ1v) is 8.72. The zero-order valence-electron chi connectivity index (χ0n) is 13.5. The maximum absolute atomic E-state index is 11.9. The topological polar surface area (TPSA) is 58.4 Å². The summed E-state index contributed by atoms with van der Waals surface area (Å²) in [5, 5.41) is 5.15. The third kappa shape index (κ3) is 5.88. The molecule has 1 aromatic rings. The predicted octanol–water partition coefficient (Wildman–Crippen LogP) is 2.48. The van der Waals surface area contributed by atoms with Gasteiger partial charge >= 0.3 is 0 Å². The maximum atomic E-state index is 11.9. The van der Waals surface area contributed by atoms with Gasteiger partial charge in [-0.05, 0) is 49.2 Å². The Morgan fingerprint density at radius 3 is 2.68 bits per heavy atom. The molecule has 4 nitrogen and oxygen atoms in total. The number of carbonyl (C=O) groups excluding carboxylic acids is 1. The molecule has 1 saturated heterocycles. The monoisotopic (exact) mass is 345 g/mol. The average molecular weight is 346 g/mol. The van der Waals surface area contributed by atoms with Crippen LogP contribution in [0.1, 0.15) is 31.6 Å². The second-order valence-corrected chi connectivity index (χ2v) is 7.35. The van der Waals surface area contributed by atoms with E-state index in [4.69, 9.17) is 5.73 Å². The summed E-state index contributed by atoms with van der Waals surface area (Å²) in [4.78, 5) is 15.8. The Labute approximate surface area is 143 Å². The van der Waals surface area contributed by atoms with Crippen molar-refractivity contribution in [2.75, 3.05) is 19.6 Å². The lowest BCUT2D eigenvalue weighted by atomic mass is 9.96. The highest BCUT2D eigenvalue weighted by Gasteiger charge is 2.22. The lowest BCUT2D eigenvalue weighted by molar-refractivity contribution is -0.123. The summed E-state index contributed by atoms with van der Waals surface area (Å²) in [6.07, 6.45) is 2.31. The molecule has 0 bridgehead atoms. The number of piperidine rings is 1. The molecule has 0 unspecified atom stereocenters. The smallest absolute Gasteiger partial charge is 0.237 e. The summed E-state index contributed by atoms with van der Waals surface area (Å²) in [5.74, 6) is 0.775. The number of nitrogens with one attached hydrogen (secondary N) is 1. The van der Waals surface area contributed by atoms with Crippen molar-refractivity contribution in [3.8, 4) is 0 Å². The van der Waals surface area contributed by atoms with Gasteiger partial charge in [-0.25, -0.2) is 0 Å². The number of likely N-dealkylation sites (tertiary alicyclic amines) is 1. The molecular formula is C16H28ClN3OS. The van der Waals surface area contributed by atoms with Gasteiger partial charge in [0.2, 0.25) is 5.91 Å². The summed E-state index contributed by atoms with van der Waals surface area (Å²) >= 11 is 1.82. The average Bonchev–Trinajstić information content (AvgIpc) is 2.98. The van der Waals surface area contributed by atoms with E-state index in [2.05, 4.69) is 27.7 Å². The molecule has 2 rings (SSSR count). The molecule has 126 valence electrons. The van der Waals surface area contributed by atoms with Gasteiger partial charge in [-0.1, -0.05) is 19.9 Å². The Morgan fingerprint density at radius 2 is 2.14 bits per heavy atom. The lowest BCUT2D eigenvalue weighted by Crippen LogP contribution is -2.46. The molecule has 1 aromatic heterocycles. The van der Waals surface area contributed by atoms with E-state index in [1.54, 1.807) is 0 Å². The first-order chi connectivity index (χ1) is 10.1. The van der Waals surface area contributed by atoms with E-state index in [1.165, 1.54) is 4.88 Å². The zero-order chi connectivity index (χ0) is 15.2. The number of hydrogen-bond donors (Lipinski definition) is 2. The van der Waals surface area contributed by atoms with Crippen LogP contribution in [0.3, 0.4) is 0 Å². The number of rotatable bonds is 6. The van der Waals surface area contributed by atoms with Gasteiger partial charge in [0, 0.05) is 18.0 Å². The van der Waals surface area contributed by atoms with Crippen LogP contribution in [0.2, 0.25) is 0 Å². The molecule has 1 atom stereocenters. The first kappa shape index (κ1) is 19.4. The van der Waals surface area contributed by atoms with Crippen molar-refractivity contribution < 1.29 is 4.79 Å². The fourth-order valence-electron chi connectivity index (χ4n) is 2.64. The summed E-state index contributed by atoms with van der Waals surface area (Å²) in [6, 6.07) is 3.92. The Balaban J connectivity index is 0.00000242. The van der Waals surface area contributed by atoms with Gasteiger partial charge in [-0.15, -0.1) is 23.7 Å². The Morgan fingerprint density at radius 1 is 1.45 bits per heavy atom. The van der Waals surface area contributed by atoms with Crippen LogP contribution in [0.25, 0.3) is 0 Å². The molecular weight excluding hydrogens is 318 g/mol. The minimum absolute atomic E-state index is 0. The second kappa shape index (κ2) is 9.50. The van der Waals surface area contributed by atoms with Crippen molar-refractivity contribution in [3.05, 3.63) is 22.4 Å². The number of carbonyl (C=O) groups is 1. The van der Waals surface area contributed by atoms with E-state index in [0.717, 1.165) is 39.0 Å². The normalized spacial score (nSPS) is 18.0. The summed E-state index contributed by atoms with van der Waals surface area (Å²) < 4.78 is 0. The van der Waals surface area contributed by atoms with E-state index in [0.29, 0.717) is 5.92 Å². The van der Waals surface area contributed by atoms with Crippen molar-refractivity contribution in [1.82, 2.24) is 10.2 Å². The van der Waals surface area contributed by atoms with Crippen LogP contribution in [0.4, 0.5) is 0 Å². The van der Waals surface area contributed by atoms with Gasteiger partial charge in [0.25, 0.3) is 0 Å². The van der Waals surface area contributed by atoms with Crippen molar-refractivity contribution in [2.24, 2.45) is 17.6 Å². The second-order valence-electron chi connectivity index (χ2n) is 6.31. The fraction of sp³-hybridized carbons (Fsp3) is 0.688. The van der Waals surface area contributed by atoms with Gasteiger partial charge in [-0.3, -0.25) is 9.69 Å². The SMILES string of the molecule is CC(C)[C@H](N)C(=O)NCC1CCN(Cc2cccs2)CC1.Cl. The van der Waals surface area contributed by atoms with Crippen molar-refractivity contribution in [2.45, 2.75) is 39.3 Å². The quantitative estimate of drug-likeness (QED) is 0.832. The number of amides is 1. The molecule has 0 radical (unpaired) electrons. The standard InChI is InChI=1S/C16H27N3OS.ClH/c1-12(2)15(17)16(20)18-10-13-5-7-19(8-6-13)11-14-4-3-9-21-14;/h3-4,9,12-13,15H,5-8,10-11,17H2,1-2H3,(H,18,20);1H/t15-;/m0./s1. The summed E-state index contributed by atoms with van der Waals surface area (Å²) in [5.41, 5.74) is 5.85. The van der Waals surface area contributed by atoms with E-state index < -0.39 is 0 Å². The molecule has 0 spiro atoms. The van der Waals surface area contributed by atoms with Crippen molar-refractivity contribution >= 4 is 29.7 Å². The van der Waals surface area contributed by atoms with Gasteiger partial charge < -0.3 is 11.1 Å². The van der Waals surface area contributed by atoms with Crippen LogP contribution >= 0.6 is 23.7 Å². The summed E-state index contributed by atoms with van der Waals surface area (Å²) in [7, 11) is 0. The van der Waals surface area contributed by atoms with Gasteiger partial charge in [-0.2, -0.15) is 0 Å². The third-order valence-electron chi connectivity index (χ3n) is 4.25. The number of nitrogens with zero attached hydrogens (tertiary/aromatic N) is 1. The van der Waals surface area contributed by atoms with Crippen LogP contribution in [0.15, 0.2) is 17.5 Å². The van der Waals surface area contributed by atoms with E-state index in [9.17, 15) is 4.79 Å². The Bertz CT molecular complexity index is 431. The summed E-state index contributed by atoms with van der Waals surface area (Å²) in [6.45, 7) is 8.03. The first-order valence-electron chi connectivity index (χ1n) is 7.84. The highest BCUT2D eigenvalue weighted by Crippen LogP contribution is 2.20. The molecule has 0 saturated carbocycles. The molecule has 6 heteroatoms. The predicted molar refractivity (Wildman–Crippen MR) is 95.4 cm³/mol. The largest absolute Gasteiger partial charge is 0.354 e. The highest BCUT2D eigenvalue weighted by molar-refractivity contribution is 7.09. The van der Waals surface area contributed by atoms with Crippen LogP contribution in [0, 0.1) is 11.8 Å². The third-order valence-corrected chi connectivity index (χ3v) is 5.11. The fourth-order valence-corrected chi connectivity index (χ4v) is 3.38. The molecule has 1 aliphatic heterocycles. The number of nitrogens with two attached hydrogens (primary N) is 1. The number of hydrogen-bond acceptors (Lipinski definition) is 4. The van der Waals surface area contributed by atoms with Gasteiger partial charge in [0.15, 0.2) is 0 Å². The lowest BCUT2D eigenvalue weighted by Gasteiger charge is -2.32. The van der Waals surface area contributed by atoms with E-state index in [1.807, 2.05) is 25.2 Å². The Hall–Kier alpha value is -0.620. The van der Waals surface area contributed by atoms with Crippen LogP contribution in [-0.4, -0.2) is 36.5 Å². The molecule has 22 heavy (non-hydrogen) atoms. The molecule has 1 amide bonds. The molecule has 1 fully saturated rings. The van der Waals surface area contributed by atoms with Crippen molar-refractivity contribution in [3.63, 3.8) is 0 Å². The van der Waals surface area contributed by atoms with Crippen LogP contribution in [0.5, 0.6) is 0 Å². The maximum Gasteiger partial charge on any atom is 0.237 e. The van der Waals surface area contributed by atoms with Crippen molar-refractivity contribution in [1.29, 1.82) is 0 Å².